The minimum atomic E-state index is -4.55. The summed E-state index contributed by atoms with van der Waals surface area (Å²) in [5, 5.41) is 0. The predicted octanol–water partition coefficient (Wildman–Crippen LogP) is 8.60. The van der Waals surface area contributed by atoms with Crippen molar-refractivity contribution >= 4 is 37.6 Å². The maximum Gasteiger partial charge on any atom is 0.416 e. The van der Waals surface area contributed by atoms with E-state index in [9.17, 15) is 31.1 Å². The maximum absolute atomic E-state index is 13.6. The van der Waals surface area contributed by atoms with Gasteiger partial charge in [0.25, 0.3) is 0 Å². The van der Waals surface area contributed by atoms with Crippen LogP contribution >= 0.6 is 31.9 Å². The quantitative estimate of drug-likeness (QED) is 0.168. The summed E-state index contributed by atoms with van der Waals surface area (Å²) < 4.78 is 78.8. The number of nitrogens with zero attached hydrogens (tertiary/aromatic N) is 2. The first-order valence-electron chi connectivity index (χ1n) is 10.1. The highest BCUT2D eigenvalue weighted by molar-refractivity contribution is 9.11. The summed E-state index contributed by atoms with van der Waals surface area (Å²) in [5.41, 5.74) is -0.789. The van der Waals surface area contributed by atoms with Crippen LogP contribution in [0.15, 0.2) is 82.0 Å². The van der Waals surface area contributed by atoms with Gasteiger partial charge >= 0.3 is 12.4 Å². The standard InChI is InChI=1S/C25H12Br2F6N2O/c26-19-11-13(24(28,29)30)5-7-15(19)17-3-1-9-34-21(17)23(36)22-18(4-2-10-35-22)16-8-6-14(12-20(16)27)25(31,32)33/h1-12H. The van der Waals surface area contributed by atoms with Crippen LogP contribution in [0.3, 0.4) is 0 Å². The summed E-state index contributed by atoms with van der Waals surface area (Å²) in [4.78, 5) is 21.9. The second kappa shape index (κ2) is 9.78. The Hall–Kier alpha value is -3.05. The van der Waals surface area contributed by atoms with Gasteiger partial charge in [0.2, 0.25) is 5.78 Å². The Morgan fingerprint density at radius 2 is 1.00 bits per heavy atom. The van der Waals surface area contributed by atoms with Crippen molar-refractivity contribution in [3.8, 4) is 22.3 Å². The van der Waals surface area contributed by atoms with E-state index < -0.39 is 29.3 Å². The van der Waals surface area contributed by atoms with Crippen LogP contribution in [0.4, 0.5) is 26.3 Å². The van der Waals surface area contributed by atoms with Crippen molar-refractivity contribution in [1.82, 2.24) is 9.97 Å². The molecule has 11 heteroatoms. The summed E-state index contributed by atoms with van der Waals surface area (Å²) in [5.74, 6) is -0.653. The number of alkyl halides is 6. The van der Waals surface area contributed by atoms with E-state index >= 15 is 0 Å². The largest absolute Gasteiger partial charge is 0.416 e. The van der Waals surface area contributed by atoms with Crippen LogP contribution in [-0.2, 0) is 12.4 Å². The molecule has 2 aromatic heterocycles. The van der Waals surface area contributed by atoms with Crippen LogP contribution in [0.1, 0.15) is 27.3 Å². The molecule has 2 heterocycles. The van der Waals surface area contributed by atoms with Gasteiger partial charge in [0, 0.05) is 32.5 Å². The Morgan fingerprint density at radius 3 is 1.33 bits per heavy atom. The molecule has 0 saturated carbocycles. The first kappa shape index (κ1) is 26.0. The van der Waals surface area contributed by atoms with E-state index in [0.717, 1.165) is 24.3 Å². The van der Waals surface area contributed by atoms with Gasteiger partial charge in [-0.25, -0.2) is 0 Å². The lowest BCUT2D eigenvalue weighted by molar-refractivity contribution is -0.138. The number of hydrogen-bond acceptors (Lipinski definition) is 3. The number of halogens is 8. The third-order valence-corrected chi connectivity index (χ3v) is 6.53. The van der Waals surface area contributed by atoms with Crippen LogP contribution in [0.2, 0.25) is 0 Å². The Kier molecular flexibility index (Phi) is 7.07. The van der Waals surface area contributed by atoms with E-state index in [4.69, 9.17) is 0 Å². The molecule has 184 valence electrons. The van der Waals surface area contributed by atoms with Crippen molar-refractivity contribution in [3.05, 3.63) is 105 Å². The molecule has 0 aliphatic carbocycles. The van der Waals surface area contributed by atoms with Crippen molar-refractivity contribution in [3.63, 3.8) is 0 Å². The van der Waals surface area contributed by atoms with E-state index in [1.54, 1.807) is 0 Å². The lowest BCUT2D eigenvalue weighted by Gasteiger charge is -2.14. The molecular formula is C25H12Br2F6N2O. The zero-order chi connectivity index (χ0) is 26.3. The fourth-order valence-electron chi connectivity index (χ4n) is 3.54. The molecule has 0 saturated heterocycles. The van der Waals surface area contributed by atoms with Gasteiger partial charge in [-0.05, 0) is 47.5 Å². The molecule has 0 N–H and O–H groups in total. The molecule has 4 aromatic rings. The normalized spacial score (nSPS) is 12.0. The van der Waals surface area contributed by atoms with Gasteiger partial charge in [-0.1, -0.05) is 56.1 Å². The summed E-state index contributed by atoms with van der Waals surface area (Å²) in [6, 6.07) is 12.2. The number of rotatable bonds is 4. The number of ketones is 1. The minimum absolute atomic E-state index is 0.0825. The van der Waals surface area contributed by atoms with Crippen LogP contribution in [0.5, 0.6) is 0 Å². The van der Waals surface area contributed by atoms with Gasteiger partial charge in [0.05, 0.1) is 11.1 Å². The maximum atomic E-state index is 13.6. The molecule has 0 aliphatic rings. The highest BCUT2D eigenvalue weighted by Crippen LogP contribution is 2.39. The highest BCUT2D eigenvalue weighted by atomic mass is 79.9. The summed E-state index contributed by atoms with van der Waals surface area (Å²) in [7, 11) is 0. The first-order chi connectivity index (χ1) is 16.9. The number of hydrogen-bond donors (Lipinski definition) is 0. The zero-order valence-corrected chi connectivity index (χ0v) is 20.9. The SMILES string of the molecule is O=C(c1ncccc1-c1ccc(C(F)(F)F)cc1Br)c1ncccc1-c1ccc(C(F)(F)F)cc1Br. The molecular weight excluding hydrogens is 618 g/mol. The molecule has 36 heavy (non-hydrogen) atoms. The average Bonchev–Trinajstić information content (AvgIpc) is 2.82. The lowest BCUT2D eigenvalue weighted by Crippen LogP contribution is -2.11. The Bertz CT molecular complexity index is 1360. The van der Waals surface area contributed by atoms with E-state index in [0.29, 0.717) is 11.1 Å². The predicted molar refractivity (Wildman–Crippen MR) is 128 cm³/mol. The highest BCUT2D eigenvalue weighted by Gasteiger charge is 2.32. The molecule has 0 amide bonds. The van der Waals surface area contributed by atoms with E-state index in [-0.39, 0.29) is 31.5 Å². The van der Waals surface area contributed by atoms with Crippen molar-refractivity contribution in [2.75, 3.05) is 0 Å². The van der Waals surface area contributed by atoms with Crippen molar-refractivity contribution in [1.29, 1.82) is 0 Å². The average molecular weight is 630 g/mol. The smallest absolute Gasteiger partial charge is 0.285 e. The number of benzene rings is 2. The molecule has 0 fully saturated rings. The van der Waals surface area contributed by atoms with Crippen LogP contribution in [-0.4, -0.2) is 15.8 Å². The van der Waals surface area contributed by atoms with E-state index in [2.05, 4.69) is 41.8 Å². The van der Waals surface area contributed by atoms with Crippen molar-refractivity contribution in [2.45, 2.75) is 12.4 Å². The number of carbonyl (C=O) groups excluding carboxylic acids is 1. The van der Waals surface area contributed by atoms with E-state index in [1.807, 2.05) is 0 Å². The Morgan fingerprint density at radius 1 is 0.611 bits per heavy atom. The monoisotopic (exact) mass is 628 g/mol. The van der Waals surface area contributed by atoms with Gasteiger partial charge in [0.15, 0.2) is 0 Å². The summed E-state index contributed by atoms with van der Waals surface area (Å²) in [6.45, 7) is 0. The topological polar surface area (TPSA) is 42.9 Å². The van der Waals surface area contributed by atoms with Crippen molar-refractivity contribution in [2.24, 2.45) is 0 Å². The fraction of sp³-hybridized carbons (Fsp3) is 0.0800. The number of aromatic nitrogens is 2. The summed E-state index contributed by atoms with van der Waals surface area (Å²) in [6.07, 6.45) is -6.39. The van der Waals surface area contributed by atoms with Gasteiger partial charge in [-0.15, -0.1) is 0 Å². The molecule has 0 bridgehead atoms. The van der Waals surface area contributed by atoms with E-state index in [1.165, 1.54) is 48.8 Å². The summed E-state index contributed by atoms with van der Waals surface area (Å²) >= 11 is 6.29. The van der Waals surface area contributed by atoms with Gasteiger partial charge in [-0.2, -0.15) is 26.3 Å². The number of carbonyl (C=O) groups is 1. The lowest BCUT2D eigenvalue weighted by atomic mass is 9.95. The molecule has 0 aliphatic heterocycles. The molecule has 2 aromatic carbocycles. The molecule has 0 unspecified atom stereocenters. The Balaban J connectivity index is 1.81. The van der Waals surface area contributed by atoms with Gasteiger partial charge in [0.1, 0.15) is 11.4 Å². The van der Waals surface area contributed by atoms with Crippen LogP contribution in [0.25, 0.3) is 22.3 Å². The second-order valence-corrected chi connectivity index (χ2v) is 9.22. The fourth-order valence-corrected chi connectivity index (χ4v) is 4.72. The Labute approximate surface area is 217 Å². The third kappa shape index (κ3) is 5.22. The van der Waals surface area contributed by atoms with Crippen molar-refractivity contribution < 1.29 is 31.1 Å². The minimum Gasteiger partial charge on any atom is -0.285 e. The third-order valence-electron chi connectivity index (χ3n) is 5.22. The second-order valence-electron chi connectivity index (χ2n) is 7.51. The molecule has 0 radical (unpaired) electrons. The van der Waals surface area contributed by atoms with Gasteiger partial charge in [-0.3, -0.25) is 14.8 Å². The molecule has 0 spiro atoms. The molecule has 4 rings (SSSR count). The van der Waals surface area contributed by atoms with Crippen LogP contribution in [0, 0.1) is 0 Å². The first-order valence-corrected chi connectivity index (χ1v) is 11.7. The van der Waals surface area contributed by atoms with Crippen LogP contribution < -0.4 is 0 Å². The number of pyridine rings is 2. The molecule has 0 atom stereocenters. The molecule has 3 nitrogen and oxygen atoms in total. The van der Waals surface area contributed by atoms with Gasteiger partial charge < -0.3 is 0 Å². The zero-order valence-electron chi connectivity index (χ0n) is 17.8.